The van der Waals surface area contributed by atoms with E-state index in [2.05, 4.69) is 50.8 Å². The van der Waals surface area contributed by atoms with E-state index in [0.717, 1.165) is 12.8 Å². The number of allylic oxidation sites excluding steroid dienone is 2. The molecule has 0 radical (unpaired) electrons. The number of benzene rings is 1. The molecule has 0 unspecified atom stereocenters. The molecule has 0 heteroatoms. The van der Waals surface area contributed by atoms with E-state index in [4.69, 9.17) is 0 Å². The van der Waals surface area contributed by atoms with Gasteiger partial charge in [-0.1, -0.05) is 48.6 Å². The molecule has 0 fully saturated rings. The number of hydrogen-bond donors (Lipinski definition) is 0. The summed E-state index contributed by atoms with van der Waals surface area (Å²) in [7, 11) is 0. The average Bonchev–Trinajstić information content (AvgIpc) is 2.18. The molecule has 0 heterocycles. The van der Waals surface area contributed by atoms with E-state index in [9.17, 15) is 0 Å². The van der Waals surface area contributed by atoms with Gasteiger partial charge in [-0.15, -0.1) is 0 Å². The minimum Gasteiger partial charge on any atom is -0.0985 e. The van der Waals surface area contributed by atoms with Gasteiger partial charge >= 0.3 is 0 Å². The van der Waals surface area contributed by atoms with Crippen molar-refractivity contribution >= 4 is 6.08 Å². The number of rotatable bonds is 4. The van der Waals surface area contributed by atoms with Gasteiger partial charge in [0.2, 0.25) is 0 Å². The molecule has 0 aliphatic heterocycles. The van der Waals surface area contributed by atoms with Crippen LogP contribution in [0, 0.1) is 0 Å². The van der Waals surface area contributed by atoms with E-state index in [1.54, 1.807) is 0 Å². The van der Waals surface area contributed by atoms with Crippen molar-refractivity contribution in [1.82, 2.24) is 0 Å². The van der Waals surface area contributed by atoms with Crippen LogP contribution in [0.2, 0.25) is 0 Å². The molecule has 1 aromatic rings. The van der Waals surface area contributed by atoms with Crippen LogP contribution in [0.3, 0.4) is 0 Å². The summed E-state index contributed by atoms with van der Waals surface area (Å²) < 4.78 is 0. The van der Waals surface area contributed by atoms with E-state index in [-0.39, 0.29) is 0 Å². The zero-order valence-corrected chi connectivity index (χ0v) is 9.09. The Kier molecular flexibility index (Phi) is 4.18. The second-order valence-corrected chi connectivity index (χ2v) is 3.72. The molecule has 0 saturated carbocycles. The minimum atomic E-state index is 1.10. The van der Waals surface area contributed by atoms with Crippen molar-refractivity contribution in [2.24, 2.45) is 0 Å². The highest BCUT2D eigenvalue weighted by Crippen LogP contribution is 2.12. The topological polar surface area (TPSA) is 0 Å². The van der Waals surface area contributed by atoms with Gasteiger partial charge in [0.25, 0.3) is 0 Å². The van der Waals surface area contributed by atoms with Crippen molar-refractivity contribution in [2.75, 3.05) is 0 Å². The second kappa shape index (κ2) is 5.43. The lowest BCUT2D eigenvalue weighted by atomic mass is 10.0. The third kappa shape index (κ3) is 3.21. The molecule has 0 N–H and O–H groups in total. The molecular weight excluding hydrogens is 168 g/mol. The van der Waals surface area contributed by atoms with Crippen LogP contribution in [0.4, 0.5) is 0 Å². The second-order valence-electron chi connectivity index (χ2n) is 3.72. The van der Waals surface area contributed by atoms with Gasteiger partial charge in [-0.25, -0.2) is 0 Å². The SMILES string of the molecule is C=Cc1ccccc1CCC=C(C)C. The van der Waals surface area contributed by atoms with Crippen LogP contribution in [-0.2, 0) is 6.42 Å². The predicted molar refractivity (Wildman–Crippen MR) is 64.3 cm³/mol. The summed E-state index contributed by atoms with van der Waals surface area (Å²) in [6.45, 7) is 8.10. The van der Waals surface area contributed by atoms with Gasteiger partial charge in [-0.05, 0) is 37.8 Å². The third-order valence-electron chi connectivity index (χ3n) is 2.24. The summed E-state index contributed by atoms with van der Waals surface area (Å²) in [4.78, 5) is 0. The highest BCUT2D eigenvalue weighted by atomic mass is 14.0. The first-order valence-corrected chi connectivity index (χ1v) is 5.07. The summed E-state index contributed by atoms with van der Waals surface area (Å²) in [6, 6.07) is 8.44. The Morgan fingerprint density at radius 1 is 1.29 bits per heavy atom. The van der Waals surface area contributed by atoms with Crippen LogP contribution in [0.15, 0.2) is 42.5 Å². The first-order valence-electron chi connectivity index (χ1n) is 5.07. The lowest BCUT2D eigenvalue weighted by Crippen LogP contribution is -1.87. The van der Waals surface area contributed by atoms with Crippen LogP contribution >= 0.6 is 0 Å². The Hall–Kier alpha value is -1.30. The standard InChI is InChI=1S/C14H18/c1-4-13-9-5-6-10-14(13)11-7-8-12(2)3/h4-6,8-10H,1,7,11H2,2-3H3. The average molecular weight is 186 g/mol. The molecule has 0 saturated heterocycles. The Labute approximate surface area is 87.0 Å². The van der Waals surface area contributed by atoms with Gasteiger partial charge in [0.1, 0.15) is 0 Å². The third-order valence-corrected chi connectivity index (χ3v) is 2.24. The first kappa shape index (κ1) is 10.8. The normalized spacial score (nSPS) is 9.57. The molecule has 0 amide bonds. The maximum atomic E-state index is 3.82. The molecule has 0 nitrogen and oxygen atoms in total. The molecule has 0 aromatic heterocycles. The van der Waals surface area contributed by atoms with E-state index in [1.165, 1.54) is 16.7 Å². The highest BCUT2D eigenvalue weighted by Gasteiger charge is 1.95. The van der Waals surface area contributed by atoms with Gasteiger partial charge in [0.05, 0.1) is 0 Å². The molecular formula is C14H18. The highest BCUT2D eigenvalue weighted by molar-refractivity contribution is 5.51. The van der Waals surface area contributed by atoms with Crippen LogP contribution < -0.4 is 0 Å². The largest absolute Gasteiger partial charge is 0.0985 e. The van der Waals surface area contributed by atoms with Crippen molar-refractivity contribution in [2.45, 2.75) is 26.7 Å². The smallest absolute Gasteiger partial charge is 0.0230 e. The first-order chi connectivity index (χ1) is 6.74. The van der Waals surface area contributed by atoms with E-state index in [0.29, 0.717) is 0 Å². The quantitative estimate of drug-likeness (QED) is 0.617. The maximum Gasteiger partial charge on any atom is -0.0230 e. The molecule has 0 aliphatic carbocycles. The lowest BCUT2D eigenvalue weighted by Gasteiger charge is -2.03. The number of aryl methyl sites for hydroxylation is 1. The molecule has 1 rings (SSSR count). The summed E-state index contributed by atoms with van der Waals surface area (Å²) in [5.41, 5.74) is 4.04. The molecule has 0 spiro atoms. The fraction of sp³-hybridized carbons (Fsp3) is 0.286. The lowest BCUT2D eigenvalue weighted by molar-refractivity contribution is 0.985. The van der Waals surface area contributed by atoms with Crippen LogP contribution in [-0.4, -0.2) is 0 Å². The van der Waals surface area contributed by atoms with Crippen LogP contribution in [0.5, 0.6) is 0 Å². The van der Waals surface area contributed by atoms with Gasteiger partial charge in [0.15, 0.2) is 0 Å². The molecule has 1 aromatic carbocycles. The zero-order valence-electron chi connectivity index (χ0n) is 9.09. The van der Waals surface area contributed by atoms with Gasteiger partial charge in [-0.3, -0.25) is 0 Å². The monoisotopic (exact) mass is 186 g/mol. The van der Waals surface area contributed by atoms with Gasteiger partial charge in [0, 0.05) is 0 Å². The van der Waals surface area contributed by atoms with Crippen molar-refractivity contribution < 1.29 is 0 Å². The molecule has 0 bridgehead atoms. The Morgan fingerprint density at radius 3 is 2.64 bits per heavy atom. The number of hydrogen-bond acceptors (Lipinski definition) is 0. The fourth-order valence-electron chi connectivity index (χ4n) is 1.48. The summed E-state index contributed by atoms with van der Waals surface area (Å²) in [5.74, 6) is 0. The fourth-order valence-corrected chi connectivity index (χ4v) is 1.48. The summed E-state index contributed by atoms with van der Waals surface area (Å²) >= 11 is 0. The molecule has 74 valence electrons. The maximum absolute atomic E-state index is 3.82. The minimum absolute atomic E-state index is 1.10. The summed E-state index contributed by atoms with van der Waals surface area (Å²) in [5, 5.41) is 0. The van der Waals surface area contributed by atoms with Crippen molar-refractivity contribution in [3.8, 4) is 0 Å². The summed E-state index contributed by atoms with van der Waals surface area (Å²) in [6.07, 6.45) is 6.43. The van der Waals surface area contributed by atoms with Crippen molar-refractivity contribution in [3.05, 3.63) is 53.6 Å². The Morgan fingerprint density at radius 2 is 2.00 bits per heavy atom. The van der Waals surface area contributed by atoms with E-state index >= 15 is 0 Å². The molecule has 14 heavy (non-hydrogen) atoms. The van der Waals surface area contributed by atoms with Gasteiger partial charge < -0.3 is 0 Å². The van der Waals surface area contributed by atoms with Crippen LogP contribution in [0.25, 0.3) is 6.08 Å². The predicted octanol–water partition coefficient (Wildman–Crippen LogP) is 4.23. The zero-order chi connectivity index (χ0) is 10.4. The Balaban J connectivity index is 2.66. The van der Waals surface area contributed by atoms with E-state index in [1.807, 2.05) is 6.08 Å². The molecule has 0 atom stereocenters. The van der Waals surface area contributed by atoms with Gasteiger partial charge in [-0.2, -0.15) is 0 Å². The Bertz CT molecular complexity index is 328. The van der Waals surface area contributed by atoms with E-state index < -0.39 is 0 Å². The van der Waals surface area contributed by atoms with Crippen molar-refractivity contribution in [3.63, 3.8) is 0 Å². The molecule has 0 aliphatic rings. The van der Waals surface area contributed by atoms with Crippen molar-refractivity contribution in [1.29, 1.82) is 0 Å². The van der Waals surface area contributed by atoms with Crippen LogP contribution in [0.1, 0.15) is 31.4 Å².